The molecular weight excluding hydrogens is 174 g/mol. The fraction of sp³-hybridized carbons (Fsp3) is 0.545. The Hall–Kier alpha value is -1.09. The summed E-state index contributed by atoms with van der Waals surface area (Å²) in [6.07, 6.45) is 4.64. The Balaban J connectivity index is 2.68. The summed E-state index contributed by atoms with van der Waals surface area (Å²) in [7, 11) is 0. The summed E-state index contributed by atoms with van der Waals surface area (Å²) in [6, 6.07) is 0. The van der Waals surface area contributed by atoms with Crippen LogP contribution in [0.5, 0.6) is 0 Å². The molecule has 0 bridgehead atoms. The van der Waals surface area contributed by atoms with Gasteiger partial charge in [0.1, 0.15) is 5.84 Å². The maximum atomic E-state index is 4.44. The first-order valence-electron chi connectivity index (χ1n) is 4.98. The minimum Gasteiger partial charge on any atom is -0.370 e. The second kappa shape index (κ2) is 4.96. The molecule has 0 aromatic carbocycles. The van der Waals surface area contributed by atoms with Crippen LogP contribution in [0.1, 0.15) is 13.3 Å². The van der Waals surface area contributed by atoms with Crippen LogP contribution >= 0.6 is 0 Å². The van der Waals surface area contributed by atoms with Gasteiger partial charge in [0.25, 0.3) is 0 Å². The van der Waals surface area contributed by atoms with Gasteiger partial charge in [0.15, 0.2) is 0 Å². The molecular formula is C11H19N3. The molecule has 1 atom stereocenters. The van der Waals surface area contributed by atoms with E-state index in [1.165, 1.54) is 0 Å². The molecule has 0 saturated carbocycles. The Morgan fingerprint density at radius 1 is 1.57 bits per heavy atom. The van der Waals surface area contributed by atoms with Crippen molar-refractivity contribution in [2.24, 2.45) is 4.99 Å². The standard InChI is InChI=1S/C11H19N3/c1-4-6-11(3,14-7-5-2)10-12-8-9-13-10/h4-5,14H,1-2,6-9H2,3H3,(H,12,13). The topological polar surface area (TPSA) is 36.4 Å². The van der Waals surface area contributed by atoms with E-state index in [0.717, 1.165) is 31.9 Å². The van der Waals surface area contributed by atoms with Gasteiger partial charge in [-0.3, -0.25) is 4.99 Å². The molecule has 0 fully saturated rings. The van der Waals surface area contributed by atoms with Gasteiger partial charge in [0.2, 0.25) is 0 Å². The van der Waals surface area contributed by atoms with E-state index in [4.69, 9.17) is 0 Å². The zero-order valence-electron chi connectivity index (χ0n) is 8.84. The summed E-state index contributed by atoms with van der Waals surface area (Å²) < 4.78 is 0. The van der Waals surface area contributed by atoms with Gasteiger partial charge in [-0.2, -0.15) is 0 Å². The lowest BCUT2D eigenvalue weighted by molar-refractivity contribution is 0.488. The van der Waals surface area contributed by atoms with Crippen LogP contribution < -0.4 is 10.6 Å². The van der Waals surface area contributed by atoms with Gasteiger partial charge in [-0.15, -0.1) is 13.2 Å². The van der Waals surface area contributed by atoms with Crippen LogP contribution in [0.25, 0.3) is 0 Å². The third-order valence-corrected chi connectivity index (χ3v) is 2.39. The molecule has 78 valence electrons. The van der Waals surface area contributed by atoms with Crippen molar-refractivity contribution in [2.75, 3.05) is 19.6 Å². The number of nitrogens with one attached hydrogen (secondary N) is 2. The zero-order chi connectivity index (χ0) is 10.4. The lowest BCUT2D eigenvalue weighted by Crippen LogP contribution is -2.53. The fourth-order valence-electron chi connectivity index (χ4n) is 1.61. The zero-order valence-corrected chi connectivity index (χ0v) is 8.84. The Morgan fingerprint density at radius 3 is 2.86 bits per heavy atom. The molecule has 1 unspecified atom stereocenters. The SMILES string of the molecule is C=CCNC(C)(CC=C)C1=NCCN1. The molecule has 0 spiro atoms. The largest absolute Gasteiger partial charge is 0.370 e. The maximum absolute atomic E-state index is 4.44. The van der Waals surface area contributed by atoms with Crippen molar-refractivity contribution in [2.45, 2.75) is 18.9 Å². The molecule has 0 aliphatic carbocycles. The Labute approximate surface area is 86.0 Å². The normalized spacial score (nSPS) is 19.4. The smallest absolute Gasteiger partial charge is 0.117 e. The predicted octanol–water partition coefficient (Wildman–Crippen LogP) is 1.10. The molecule has 3 heteroatoms. The van der Waals surface area contributed by atoms with Gasteiger partial charge in [0, 0.05) is 13.1 Å². The molecule has 3 nitrogen and oxygen atoms in total. The van der Waals surface area contributed by atoms with Crippen molar-refractivity contribution in [3.63, 3.8) is 0 Å². The molecule has 2 N–H and O–H groups in total. The lowest BCUT2D eigenvalue weighted by atomic mass is 9.96. The minimum absolute atomic E-state index is 0.119. The van der Waals surface area contributed by atoms with Crippen molar-refractivity contribution in [1.82, 2.24) is 10.6 Å². The van der Waals surface area contributed by atoms with Crippen LogP contribution in [0.2, 0.25) is 0 Å². The number of aliphatic imine (C=N–C) groups is 1. The minimum atomic E-state index is -0.119. The van der Waals surface area contributed by atoms with Gasteiger partial charge in [-0.1, -0.05) is 12.2 Å². The molecule has 1 aliphatic rings. The highest BCUT2D eigenvalue weighted by Gasteiger charge is 2.29. The van der Waals surface area contributed by atoms with Gasteiger partial charge in [0.05, 0.1) is 12.1 Å². The van der Waals surface area contributed by atoms with Gasteiger partial charge in [-0.25, -0.2) is 0 Å². The fourth-order valence-corrected chi connectivity index (χ4v) is 1.61. The molecule has 0 saturated heterocycles. The lowest BCUT2D eigenvalue weighted by Gasteiger charge is -2.29. The maximum Gasteiger partial charge on any atom is 0.117 e. The van der Waals surface area contributed by atoms with Crippen LogP contribution in [0.3, 0.4) is 0 Å². The Morgan fingerprint density at radius 2 is 2.36 bits per heavy atom. The van der Waals surface area contributed by atoms with E-state index >= 15 is 0 Å². The van der Waals surface area contributed by atoms with Gasteiger partial charge >= 0.3 is 0 Å². The van der Waals surface area contributed by atoms with Crippen molar-refractivity contribution in [3.8, 4) is 0 Å². The molecule has 0 amide bonds. The molecule has 1 aliphatic heterocycles. The summed E-state index contributed by atoms with van der Waals surface area (Å²) in [4.78, 5) is 4.44. The monoisotopic (exact) mass is 193 g/mol. The highest BCUT2D eigenvalue weighted by atomic mass is 15.1. The van der Waals surface area contributed by atoms with E-state index < -0.39 is 0 Å². The average molecular weight is 193 g/mol. The van der Waals surface area contributed by atoms with E-state index in [2.05, 4.69) is 35.7 Å². The third-order valence-electron chi connectivity index (χ3n) is 2.39. The molecule has 0 aromatic rings. The molecule has 14 heavy (non-hydrogen) atoms. The van der Waals surface area contributed by atoms with Crippen molar-refractivity contribution >= 4 is 5.84 Å². The van der Waals surface area contributed by atoms with E-state index in [1.807, 2.05) is 12.2 Å². The molecule has 0 aromatic heterocycles. The van der Waals surface area contributed by atoms with Crippen LogP contribution in [0.15, 0.2) is 30.3 Å². The average Bonchev–Trinajstić information content (AvgIpc) is 2.68. The molecule has 1 rings (SSSR count). The first-order valence-corrected chi connectivity index (χ1v) is 4.98. The van der Waals surface area contributed by atoms with Crippen molar-refractivity contribution in [3.05, 3.63) is 25.3 Å². The quantitative estimate of drug-likeness (QED) is 0.620. The van der Waals surface area contributed by atoms with Crippen LogP contribution in [-0.4, -0.2) is 31.0 Å². The summed E-state index contributed by atoms with van der Waals surface area (Å²) in [6.45, 7) is 12.2. The van der Waals surface area contributed by atoms with Crippen LogP contribution in [-0.2, 0) is 0 Å². The van der Waals surface area contributed by atoms with Crippen molar-refractivity contribution in [1.29, 1.82) is 0 Å². The van der Waals surface area contributed by atoms with Gasteiger partial charge < -0.3 is 10.6 Å². The highest BCUT2D eigenvalue weighted by molar-refractivity contribution is 5.92. The number of amidine groups is 1. The summed E-state index contributed by atoms with van der Waals surface area (Å²) in [5.41, 5.74) is -0.119. The number of hydrogen-bond donors (Lipinski definition) is 2. The van der Waals surface area contributed by atoms with E-state index in [-0.39, 0.29) is 5.54 Å². The predicted molar refractivity (Wildman–Crippen MR) is 61.7 cm³/mol. The van der Waals surface area contributed by atoms with Crippen LogP contribution in [0, 0.1) is 0 Å². The molecule has 0 radical (unpaired) electrons. The summed E-state index contributed by atoms with van der Waals surface area (Å²) in [5, 5.41) is 6.70. The summed E-state index contributed by atoms with van der Waals surface area (Å²) >= 11 is 0. The Kier molecular flexibility index (Phi) is 3.89. The second-order valence-corrected chi connectivity index (χ2v) is 3.65. The first-order chi connectivity index (χ1) is 6.73. The third kappa shape index (κ3) is 2.45. The Bertz CT molecular complexity index is 245. The second-order valence-electron chi connectivity index (χ2n) is 3.65. The summed E-state index contributed by atoms with van der Waals surface area (Å²) in [5.74, 6) is 1.04. The van der Waals surface area contributed by atoms with E-state index in [1.54, 1.807) is 0 Å². The van der Waals surface area contributed by atoms with E-state index in [0.29, 0.717) is 0 Å². The first kappa shape index (κ1) is 11.0. The van der Waals surface area contributed by atoms with Crippen LogP contribution in [0.4, 0.5) is 0 Å². The number of nitrogens with zero attached hydrogens (tertiary/aromatic N) is 1. The highest BCUT2D eigenvalue weighted by Crippen LogP contribution is 2.13. The van der Waals surface area contributed by atoms with E-state index in [9.17, 15) is 0 Å². The molecule has 1 heterocycles. The van der Waals surface area contributed by atoms with Crippen molar-refractivity contribution < 1.29 is 0 Å². The number of hydrogen-bond acceptors (Lipinski definition) is 3. The van der Waals surface area contributed by atoms with Gasteiger partial charge in [-0.05, 0) is 13.3 Å². The number of rotatable bonds is 6.